The van der Waals surface area contributed by atoms with Gasteiger partial charge >= 0.3 is 0 Å². The van der Waals surface area contributed by atoms with Gasteiger partial charge in [0.25, 0.3) is 5.56 Å². The number of aromatic nitrogens is 3. The molecule has 1 aliphatic rings. The zero-order valence-corrected chi connectivity index (χ0v) is 13.0. The van der Waals surface area contributed by atoms with E-state index in [1.807, 2.05) is 0 Å². The number of hydrogen-bond donors (Lipinski definition) is 0. The molecule has 0 unspecified atom stereocenters. The van der Waals surface area contributed by atoms with Crippen LogP contribution in [0.5, 0.6) is 0 Å². The van der Waals surface area contributed by atoms with Crippen LogP contribution in [0.1, 0.15) is 11.1 Å². The first-order chi connectivity index (χ1) is 11.2. The Bertz CT molecular complexity index is 918. The fraction of sp³-hybridized carbons (Fsp3) is 0.278. The van der Waals surface area contributed by atoms with Gasteiger partial charge in [0.15, 0.2) is 5.65 Å². The molecule has 3 aromatic rings. The van der Waals surface area contributed by atoms with Crippen LogP contribution in [0.2, 0.25) is 0 Å². The molecule has 0 fully saturated rings. The van der Waals surface area contributed by atoms with Crippen molar-refractivity contribution in [2.45, 2.75) is 25.6 Å². The van der Waals surface area contributed by atoms with E-state index in [1.54, 1.807) is 29.2 Å². The van der Waals surface area contributed by atoms with Gasteiger partial charge in [-0.3, -0.25) is 14.3 Å². The van der Waals surface area contributed by atoms with Gasteiger partial charge in [0, 0.05) is 25.3 Å². The monoisotopic (exact) mass is 306 g/mol. The molecule has 116 valence electrons. The van der Waals surface area contributed by atoms with E-state index in [4.69, 9.17) is 0 Å². The molecule has 0 N–H and O–H groups in total. The number of likely N-dealkylation sites (N-methyl/N-ethyl adjacent to an activating group) is 1. The molecule has 2 aromatic heterocycles. The molecular formula is C18H18N4O. The van der Waals surface area contributed by atoms with Crippen molar-refractivity contribution < 1.29 is 0 Å². The Morgan fingerprint density at radius 3 is 2.83 bits per heavy atom. The molecular weight excluding hydrogens is 288 g/mol. The van der Waals surface area contributed by atoms with Gasteiger partial charge in [0.2, 0.25) is 0 Å². The molecule has 23 heavy (non-hydrogen) atoms. The predicted octanol–water partition coefficient (Wildman–Crippen LogP) is 1.85. The average molecular weight is 306 g/mol. The topological polar surface area (TPSA) is 51.0 Å². The van der Waals surface area contributed by atoms with E-state index in [0.717, 1.165) is 13.0 Å². The summed E-state index contributed by atoms with van der Waals surface area (Å²) in [5, 5.41) is 0.578. The van der Waals surface area contributed by atoms with Crippen LogP contribution in [0, 0.1) is 0 Å². The highest BCUT2D eigenvalue weighted by Gasteiger charge is 2.23. The highest BCUT2D eigenvalue weighted by atomic mass is 16.1. The maximum absolute atomic E-state index is 12.6. The number of hydrogen-bond acceptors (Lipinski definition) is 4. The standard InChI is InChI=1S/C18H18N4O/c1-21-10-14-6-3-2-5-13(14)9-15(21)11-22-12-20-17-16(18(22)23)7-4-8-19-17/h2-8,12,15H,9-11H2,1H3/t15-/m0/s1. The van der Waals surface area contributed by atoms with E-state index in [1.165, 1.54) is 11.1 Å². The summed E-state index contributed by atoms with van der Waals surface area (Å²) in [6.45, 7) is 1.56. The Kier molecular flexibility index (Phi) is 3.42. The van der Waals surface area contributed by atoms with Crippen LogP contribution in [0.3, 0.4) is 0 Å². The fourth-order valence-electron chi connectivity index (χ4n) is 3.28. The first kappa shape index (κ1) is 14.1. The highest BCUT2D eigenvalue weighted by Crippen LogP contribution is 2.22. The van der Waals surface area contributed by atoms with E-state index in [0.29, 0.717) is 23.6 Å². The summed E-state index contributed by atoms with van der Waals surface area (Å²) in [6, 6.07) is 12.4. The molecule has 1 aromatic carbocycles. The third-order valence-electron chi connectivity index (χ3n) is 4.62. The quantitative estimate of drug-likeness (QED) is 0.725. The number of rotatable bonds is 2. The second kappa shape index (κ2) is 5.59. The lowest BCUT2D eigenvalue weighted by Gasteiger charge is -2.34. The Morgan fingerprint density at radius 2 is 1.96 bits per heavy atom. The Morgan fingerprint density at radius 1 is 1.13 bits per heavy atom. The third-order valence-corrected chi connectivity index (χ3v) is 4.62. The first-order valence-corrected chi connectivity index (χ1v) is 7.79. The lowest BCUT2D eigenvalue weighted by Crippen LogP contribution is -2.42. The number of fused-ring (bicyclic) bond motifs is 2. The number of benzene rings is 1. The van der Waals surface area contributed by atoms with Gasteiger partial charge in [-0.15, -0.1) is 0 Å². The van der Waals surface area contributed by atoms with Crippen LogP contribution in [0.15, 0.2) is 53.7 Å². The van der Waals surface area contributed by atoms with Gasteiger partial charge in [-0.05, 0) is 36.7 Å². The molecule has 3 heterocycles. The second-order valence-corrected chi connectivity index (χ2v) is 6.12. The minimum absolute atomic E-state index is 0.0182. The fourth-order valence-corrected chi connectivity index (χ4v) is 3.28. The summed E-state index contributed by atoms with van der Waals surface area (Å²) in [5.74, 6) is 0. The van der Waals surface area contributed by atoms with Crippen LogP contribution in [0.4, 0.5) is 0 Å². The van der Waals surface area contributed by atoms with Crippen molar-refractivity contribution in [2.75, 3.05) is 7.05 Å². The average Bonchev–Trinajstić information content (AvgIpc) is 2.58. The van der Waals surface area contributed by atoms with E-state index in [2.05, 4.69) is 46.2 Å². The summed E-state index contributed by atoms with van der Waals surface area (Å²) in [4.78, 5) is 23.4. The molecule has 0 saturated carbocycles. The van der Waals surface area contributed by atoms with Crippen molar-refractivity contribution in [2.24, 2.45) is 0 Å². The van der Waals surface area contributed by atoms with Crippen LogP contribution < -0.4 is 5.56 Å². The molecule has 0 bridgehead atoms. The van der Waals surface area contributed by atoms with Crippen LogP contribution in [0.25, 0.3) is 11.0 Å². The lowest BCUT2D eigenvalue weighted by atomic mass is 9.94. The second-order valence-electron chi connectivity index (χ2n) is 6.12. The van der Waals surface area contributed by atoms with E-state index < -0.39 is 0 Å². The summed E-state index contributed by atoms with van der Waals surface area (Å²) < 4.78 is 1.71. The number of nitrogens with zero attached hydrogens (tertiary/aromatic N) is 4. The van der Waals surface area contributed by atoms with Gasteiger partial charge in [0.05, 0.1) is 5.39 Å². The van der Waals surface area contributed by atoms with Crippen molar-refractivity contribution in [3.05, 3.63) is 70.4 Å². The summed E-state index contributed by atoms with van der Waals surface area (Å²) in [5.41, 5.74) is 3.24. The minimum atomic E-state index is -0.0182. The zero-order valence-electron chi connectivity index (χ0n) is 13.0. The van der Waals surface area contributed by atoms with E-state index in [-0.39, 0.29) is 5.56 Å². The summed E-state index contributed by atoms with van der Waals surface area (Å²) in [7, 11) is 2.11. The summed E-state index contributed by atoms with van der Waals surface area (Å²) >= 11 is 0. The van der Waals surface area contributed by atoms with E-state index >= 15 is 0 Å². The lowest BCUT2D eigenvalue weighted by molar-refractivity contribution is 0.193. The van der Waals surface area contributed by atoms with Gasteiger partial charge in [-0.1, -0.05) is 24.3 Å². The van der Waals surface area contributed by atoms with Crippen molar-refractivity contribution in [3.8, 4) is 0 Å². The third kappa shape index (κ3) is 2.53. The molecule has 5 heteroatoms. The molecule has 0 aliphatic carbocycles. The van der Waals surface area contributed by atoms with Crippen molar-refractivity contribution in [3.63, 3.8) is 0 Å². The molecule has 0 amide bonds. The Balaban J connectivity index is 1.66. The molecule has 0 spiro atoms. The van der Waals surface area contributed by atoms with Crippen LogP contribution >= 0.6 is 0 Å². The maximum atomic E-state index is 12.6. The first-order valence-electron chi connectivity index (χ1n) is 7.79. The minimum Gasteiger partial charge on any atom is -0.297 e. The Hall–Kier alpha value is -2.53. The van der Waals surface area contributed by atoms with Crippen molar-refractivity contribution >= 4 is 11.0 Å². The van der Waals surface area contributed by atoms with Gasteiger partial charge in [-0.25, -0.2) is 9.97 Å². The van der Waals surface area contributed by atoms with Crippen molar-refractivity contribution in [1.29, 1.82) is 0 Å². The van der Waals surface area contributed by atoms with Crippen LogP contribution in [-0.4, -0.2) is 32.5 Å². The molecule has 4 rings (SSSR count). The highest BCUT2D eigenvalue weighted by molar-refractivity contribution is 5.72. The molecule has 1 atom stereocenters. The van der Waals surface area contributed by atoms with Crippen molar-refractivity contribution in [1.82, 2.24) is 19.4 Å². The molecule has 1 aliphatic heterocycles. The zero-order chi connectivity index (χ0) is 15.8. The normalized spacial score (nSPS) is 18.0. The SMILES string of the molecule is CN1Cc2ccccc2C[C@H]1Cn1cnc2ncccc2c1=O. The smallest absolute Gasteiger partial charge is 0.262 e. The largest absolute Gasteiger partial charge is 0.297 e. The van der Waals surface area contributed by atoms with Crippen LogP contribution in [-0.2, 0) is 19.5 Å². The maximum Gasteiger partial charge on any atom is 0.262 e. The summed E-state index contributed by atoms with van der Waals surface area (Å²) in [6.07, 6.45) is 4.22. The van der Waals surface area contributed by atoms with E-state index in [9.17, 15) is 4.79 Å². The molecule has 5 nitrogen and oxygen atoms in total. The Labute approximate surface area is 134 Å². The van der Waals surface area contributed by atoms with Gasteiger partial charge in [-0.2, -0.15) is 0 Å². The molecule has 0 saturated heterocycles. The van der Waals surface area contributed by atoms with Gasteiger partial charge < -0.3 is 0 Å². The van der Waals surface area contributed by atoms with Gasteiger partial charge in [0.1, 0.15) is 6.33 Å². The molecule has 0 radical (unpaired) electrons. The number of pyridine rings is 1. The predicted molar refractivity (Wildman–Crippen MR) is 89.2 cm³/mol.